The highest BCUT2D eigenvalue weighted by molar-refractivity contribution is 5.94. The van der Waals surface area contributed by atoms with E-state index >= 15 is 0 Å². The molecule has 18 heavy (non-hydrogen) atoms. The van der Waals surface area contributed by atoms with Crippen LogP contribution in [-0.4, -0.2) is 19.6 Å². The van der Waals surface area contributed by atoms with Crippen LogP contribution in [-0.2, 0) is 0 Å². The van der Waals surface area contributed by atoms with Crippen LogP contribution in [0.5, 0.6) is 5.75 Å². The maximum atomic E-state index is 11.8. The Morgan fingerprint density at radius 3 is 2.33 bits per heavy atom. The van der Waals surface area contributed by atoms with Crippen LogP contribution >= 0.6 is 0 Å². The van der Waals surface area contributed by atoms with E-state index in [1.54, 1.807) is 31.4 Å². The van der Waals surface area contributed by atoms with Gasteiger partial charge in [0.15, 0.2) is 0 Å². The van der Waals surface area contributed by atoms with Gasteiger partial charge in [-0.05, 0) is 42.5 Å². The molecule has 0 aliphatic carbocycles. The fourth-order valence-electron chi connectivity index (χ4n) is 1.67. The molecule has 100 valence electrons. The molecule has 1 amide bonds. The highest BCUT2D eigenvalue weighted by Crippen LogP contribution is 2.19. The van der Waals surface area contributed by atoms with Crippen molar-refractivity contribution in [1.82, 2.24) is 5.32 Å². The summed E-state index contributed by atoms with van der Waals surface area (Å²) < 4.78 is 5.05. The lowest BCUT2D eigenvalue weighted by atomic mass is 9.91. The van der Waals surface area contributed by atoms with Gasteiger partial charge < -0.3 is 10.1 Å². The molecule has 0 saturated heterocycles. The van der Waals surface area contributed by atoms with Gasteiger partial charge in [0.1, 0.15) is 5.75 Å². The predicted molar refractivity (Wildman–Crippen MR) is 74.0 cm³/mol. The van der Waals surface area contributed by atoms with E-state index in [0.717, 1.165) is 25.1 Å². The van der Waals surface area contributed by atoms with Crippen LogP contribution in [0.15, 0.2) is 24.3 Å². The fraction of sp³-hybridized carbons (Fsp3) is 0.533. The van der Waals surface area contributed by atoms with Crippen molar-refractivity contribution in [2.45, 2.75) is 33.6 Å². The first kappa shape index (κ1) is 14.6. The van der Waals surface area contributed by atoms with Gasteiger partial charge in [-0.1, -0.05) is 20.8 Å². The van der Waals surface area contributed by atoms with Crippen LogP contribution in [0, 0.1) is 5.41 Å². The fourth-order valence-corrected chi connectivity index (χ4v) is 1.67. The van der Waals surface area contributed by atoms with Crippen molar-refractivity contribution in [2.75, 3.05) is 13.7 Å². The second-order valence-electron chi connectivity index (χ2n) is 5.65. The SMILES string of the molecule is COc1ccc(C(=O)NCCCC(C)(C)C)cc1. The van der Waals surface area contributed by atoms with Gasteiger partial charge in [0.05, 0.1) is 7.11 Å². The first-order valence-corrected chi connectivity index (χ1v) is 6.34. The Balaban J connectivity index is 2.36. The number of rotatable bonds is 5. The number of amides is 1. The molecule has 0 heterocycles. The largest absolute Gasteiger partial charge is 0.497 e. The van der Waals surface area contributed by atoms with Crippen molar-refractivity contribution < 1.29 is 9.53 Å². The summed E-state index contributed by atoms with van der Waals surface area (Å²) in [5, 5.41) is 2.93. The number of ether oxygens (including phenoxy) is 1. The summed E-state index contributed by atoms with van der Waals surface area (Å²) in [6.07, 6.45) is 2.11. The van der Waals surface area contributed by atoms with Crippen LogP contribution < -0.4 is 10.1 Å². The Morgan fingerprint density at radius 1 is 1.22 bits per heavy atom. The first-order valence-electron chi connectivity index (χ1n) is 6.34. The molecule has 0 radical (unpaired) electrons. The zero-order chi connectivity index (χ0) is 13.6. The third kappa shape index (κ3) is 5.21. The summed E-state index contributed by atoms with van der Waals surface area (Å²) >= 11 is 0. The number of methoxy groups -OCH3 is 1. The molecule has 0 fully saturated rings. The van der Waals surface area contributed by atoms with E-state index in [0.29, 0.717) is 11.0 Å². The van der Waals surface area contributed by atoms with Crippen LogP contribution in [0.4, 0.5) is 0 Å². The molecule has 0 atom stereocenters. The van der Waals surface area contributed by atoms with E-state index in [1.165, 1.54) is 0 Å². The Hall–Kier alpha value is -1.51. The van der Waals surface area contributed by atoms with Gasteiger partial charge in [-0.15, -0.1) is 0 Å². The lowest BCUT2D eigenvalue weighted by Gasteiger charge is -2.17. The standard InChI is InChI=1S/C15H23NO2/c1-15(2,3)10-5-11-16-14(17)12-6-8-13(18-4)9-7-12/h6-9H,5,10-11H2,1-4H3,(H,16,17). The van der Waals surface area contributed by atoms with E-state index in [4.69, 9.17) is 4.74 Å². The molecule has 1 aromatic carbocycles. The van der Waals surface area contributed by atoms with E-state index in [9.17, 15) is 4.79 Å². The minimum Gasteiger partial charge on any atom is -0.497 e. The van der Waals surface area contributed by atoms with Crippen LogP contribution in [0.1, 0.15) is 44.0 Å². The summed E-state index contributed by atoms with van der Waals surface area (Å²) in [4.78, 5) is 11.8. The zero-order valence-electron chi connectivity index (χ0n) is 11.7. The van der Waals surface area contributed by atoms with E-state index in [2.05, 4.69) is 26.1 Å². The average molecular weight is 249 g/mol. The van der Waals surface area contributed by atoms with Gasteiger partial charge >= 0.3 is 0 Å². The van der Waals surface area contributed by atoms with Crippen molar-refractivity contribution >= 4 is 5.91 Å². The molecule has 0 bridgehead atoms. The highest BCUT2D eigenvalue weighted by atomic mass is 16.5. The van der Waals surface area contributed by atoms with Crippen LogP contribution in [0.3, 0.4) is 0 Å². The van der Waals surface area contributed by atoms with E-state index in [-0.39, 0.29) is 5.91 Å². The summed E-state index contributed by atoms with van der Waals surface area (Å²) in [6, 6.07) is 7.14. The lowest BCUT2D eigenvalue weighted by molar-refractivity contribution is 0.0951. The minimum atomic E-state index is -0.0217. The van der Waals surface area contributed by atoms with Crippen LogP contribution in [0.25, 0.3) is 0 Å². The van der Waals surface area contributed by atoms with Gasteiger partial charge in [-0.3, -0.25) is 4.79 Å². The number of hydrogen-bond acceptors (Lipinski definition) is 2. The van der Waals surface area contributed by atoms with Gasteiger partial charge in [0, 0.05) is 12.1 Å². The van der Waals surface area contributed by atoms with Gasteiger partial charge in [-0.2, -0.15) is 0 Å². The molecular weight excluding hydrogens is 226 g/mol. The minimum absolute atomic E-state index is 0.0217. The van der Waals surface area contributed by atoms with Gasteiger partial charge in [-0.25, -0.2) is 0 Å². The molecule has 3 nitrogen and oxygen atoms in total. The Morgan fingerprint density at radius 2 is 1.83 bits per heavy atom. The second-order valence-corrected chi connectivity index (χ2v) is 5.65. The number of nitrogens with one attached hydrogen (secondary N) is 1. The third-order valence-corrected chi connectivity index (χ3v) is 2.74. The zero-order valence-corrected chi connectivity index (χ0v) is 11.7. The maximum Gasteiger partial charge on any atom is 0.251 e. The van der Waals surface area contributed by atoms with Crippen molar-refractivity contribution in [1.29, 1.82) is 0 Å². The second kappa shape index (κ2) is 6.43. The lowest BCUT2D eigenvalue weighted by Crippen LogP contribution is -2.25. The number of benzene rings is 1. The molecule has 0 saturated carbocycles. The van der Waals surface area contributed by atoms with E-state index < -0.39 is 0 Å². The monoisotopic (exact) mass is 249 g/mol. The molecule has 1 N–H and O–H groups in total. The molecule has 0 spiro atoms. The molecule has 0 aliphatic heterocycles. The summed E-state index contributed by atoms with van der Waals surface area (Å²) in [6.45, 7) is 7.34. The predicted octanol–water partition coefficient (Wildman–Crippen LogP) is 3.25. The topological polar surface area (TPSA) is 38.3 Å². The maximum absolute atomic E-state index is 11.8. The number of hydrogen-bond donors (Lipinski definition) is 1. The Labute approximate surface area is 110 Å². The third-order valence-electron chi connectivity index (χ3n) is 2.74. The molecule has 0 aromatic heterocycles. The molecular formula is C15H23NO2. The normalized spacial score (nSPS) is 11.1. The molecule has 3 heteroatoms. The van der Waals surface area contributed by atoms with Gasteiger partial charge in [0.2, 0.25) is 0 Å². The first-order chi connectivity index (χ1) is 8.42. The highest BCUT2D eigenvalue weighted by Gasteiger charge is 2.10. The van der Waals surface area contributed by atoms with Crippen LogP contribution in [0.2, 0.25) is 0 Å². The summed E-state index contributed by atoms with van der Waals surface area (Å²) in [7, 11) is 1.61. The molecule has 1 rings (SSSR count). The van der Waals surface area contributed by atoms with Gasteiger partial charge in [0.25, 0.3) is 5.91 Å². The quantitative estimate of drug-likeness (QED) is 0.813. The van der Waals surface area contributed by atoms with Crippen molar-refractivity contribution in [3.63, 3.8) is 0 Å². The summed E-state index contributed by atoms with van der Waals surface area (Å²) in [5.74, 6) is 0.742. The Kier molecular flexibility index (Phi) is 5.20. The Bertz CT molecular complexity index is 376. The number of carbonyl (C=O) groups is 1. The smallest absolute Gasteiger partial charge is 0.251 e. The summed E-state index contributed by atoms with van der Waals surface area (Å²) in [5.41, 5.74) is 0.997. The van der Waals surface area contributed by atoms with Crippen molar-refractivity contribution in [2.24, 2.45) is 5.41 Å². The van der Waals surface area contributed by atoms with Crippen molar-refractivity contribution in [3.8, 4) is 5.75 Å². The number of carbonyl (C=O) groups excluding carboxylic acids is 1. The molecule has 1 aromatic rings. The molecule has 0 aliphatic rings. The van der Waals surface area contributed by atoms with Crippen molar-refractivity contribution in [3.05, 3.63) is 29.8 Å². The van der Waals surface area contributed by atoms with E-state index in [1.807, 2.05) is 0 Å². The average Bonchev–Trinajstić information content (AvgIpc) is 2.33. The molecule has 0 unspecified atom stereocenters.